The molecule has 0 spiro atoms. The molecule has 1 aliphatic rings. The minimum atomic E-state index is -0.254. The first-order chi connectivity index (χ1) is 38.9. The number of ether oxygens (including phenoxy) is 1. The van der Waals surface area contributed by atoms with Gasteiger partial charge in [0.15, 0.2) is 0 Å². The molecule has 11 aromatic rings. The smallest absolute Gasteiger partial charge is 0.137 e. The van der Waals surface area contributed by atoms with Gasteiger partial charge < -0.3 is 14.5 Å². The zero-order chi connectivity index (χ0) is 56.4. The highest BCUT2D eigenvalue weighted by Crippen LogP contribution is 2.50. The van der Waals surface area contributed by atoms with Crippen LogP contribution in [0.4, 0.5) is 22.7 Å². The summed E-state index contributed by atoms with van der Waals surface area (Å²) < 4.78 is 9.39. The molecule has 0 unspecified atom stereocenters. The van der Waals surface area contributed by atoms with E-state index in [1.807, 2.05) is 6.20 Å². The van der Waals surface area contributed by atoms with Crippen LogP contribution in [-0.4, -0.2) is 16.2 Å². The minimum absolute atomic E-state index is 0.0649. The highest BCUT2D eigenvalue weighted by molar-refractivity contribution is 6.10. The molecule has 5 nitrogen and oxygen atoms in total. The zero-order valence-electron chi connectivity index (χ0n) is 48.9. The van der Waals surface area contributed by atoms with E-state index in [4.69, 9.17) is 9.72 Å². The van der Waals surface area contributed by atoms with Gasteiger partial charge in [0.05, 0.1) is 22.4 Å². The number of rotatable bonds is 13. The molecule has 0 saturated heterocycles. The third-order valence-corrected chi connectivity index (χ3v) is 17.2. The summed E-state index contributed by atoms with van der Waals surface area (Å²) >= 11 is 0. The quantitative estimate of drug-likeness (QED) is 0.115. The molecule has 1 aliphatic heterocycles. The highest BCUT2D eigenvalue weighted by atomic mass is 16.5. The standard InChI is InChI=1S/C76H74N4O/c1-50(2)64-31-22-32-65(51(3)4)73(64)53-33-37-69-71(43-53)78(49-79(69)61-42-54(52-23-15-12-16-24-52)41-59(44-61)74(5,6)7)60-29-21-30-62(47-60)81-63-35-36-66-67-45-57(75(8,9)55-25-17-13-18-26-55)34-38-68(67)80(70(66)48-63)72-46-58(39-40-77-72)76(10,11)56-27-19-14-20-28-56/h12-48,50-51H,49H2,1-11H3. The maximum atomic E-state index is 7.07. The monoisotopic (exact) mass is 1060 g/mol. The summed E-state index contributed by atoms with van der Waals surface area (Å²) in [6.07, 6.45) is 1.96. The van der Waals surface area contributed by atoms with E-state index in [0.717, 1.165) is 45.1 Å². The lowest BCUT2D eigenvalue weighted by atomic mass is 9.78. The molecular formula is C76H74N4O. The lowest BCUT2D eigenvalue weighted by molar-refractivity contribution is 0.483. The van der Waals surface area contributed by atoms with Gasteiger partial charge >= 0.3 is 0 Å². The summed E-state index contributed by atoms with van der Waals surface area (Å²) in [5.74, 6) is 3.10. The number of nitrogens with zero attached hydrogens (tertiary/aromatic N) is 4. The Morgan fingerprint density at radius 3 is 1.68 bits per heavy atom. The van der Waals surface area contributed by atoms with E-state index in [-0.39, 0.29) is 16.2 Å². The van der Waals surface area contributed by atoms with Gasteiger partial charge in [-0.25, -0.2) is 4.98 Å². The first-order valence-corrected chi connectivity index (χ1v) is 28.9. The largest absolute Gasteiger partial charge is 0.457 e. The molecule has 12 rings (SSSR count). The SMILES string of the molecule is CC(C)c1cccc(C(C)C)c1-c1ccc2c(c1)N(c1cccc(Oc3ccc4c5cc(C(C)(C)c6ccccc6)ccc5n(-c5cc(C(C)(C)c6ccccc6)ccn5)c4c3)c1)CN2c1cc(-c2ccccc2)cc(C(C)(C)C)c1. The normalized spacial score (nSPS) is 13.0. The van der Waals surface area contributed by atoms with Crippen LogP contribution in [0.5, 0.6) is 11.5 Å². The minimum Gasteiger partial charge on any atom is -0.457 e. The Morgan fingerprint density at radius 1 is 0.407 bits per heavy atom. The Kier molecular flexibility index (Phi) is 13.6. The van der Waals surface area contributed by atoms with E-state index in [1.54, 1.807) is 0 Å². The van der Waals surface area contributed by atoms with Crippen molar-refractivity contribution in [1.29, 1.82) is 0 Å². The number of fused-ring (bicyclic) bond motifs is 4. The zero-order valence-corrected chi connectivity index (χ0v) is 48.9. The summed E-state index contributed by atoms with van der Waals surface area (Å²) in [4.78, 5) is 10.1. The fraction of sp³-hybridized carbons (Fsp3) is 0.224. The number of pyridine rings is 1. The average Bonchev–Trinajstić information content (AvgIpc) is 4.20. The summed E-state index contributed by atoms with van der Waals surface area (Å²) in [5.41, 5.74) is 20.1. The number of anilines is 4. The van der Waals surface area contributed by atoms with E-state index < -0.39 is 0 Å². The Hall–Kier alpha value is -8.67. The van der Waals surface area contributed by atoms with Crippen LogP contribution in [0.1, 0.15) is 127 Å². The summed E-state index contributed by atoms with van der Waals surface area (Å²) in [6.45, 7) is 26.0. The first kappa shape index (κ1) is 53.0. The number of hydrogen-bond donors (Lipinski definition) is 0. The first-order valence-electron chi connectivity index (χ1n) is 28.9. The van der Waals surface area contributed by atoms with Gasteiger partial charge in [0, 0.05) is 51.3 Å². The second-order valence-corrected chi connectivity index (χ2v) is 24.9. The van der Waals surface area contributed by atoms with Crippen molar-refractivity contribution in [3.05, 3.63) is 264 Å². The van der Waals surface area contributed by atoms with Crippen molar-refractivity contribution < 1.29 is 4.74 Å². The van der Waals surface area contributed by atoms with Crippen LogP contribution in [0.25, 0.3) is 49.9 Å². The maximum absolute atomic E-state index is 7.07. The van der Waals surface area contributed by atoms with Gasteiger partial charge in [0.1, 0.15) is 24.0 Å². The van der Waals surface area contributed by atoms with Crippen molar-refractivity contribution in [2.75, 3.05) is 16.5 Å². The van der Waals surface area contributed by atoms with Crippen LogP contribution in [0.2, 0.25) is 0 Å². The lowest BCUT2D eigenvalue weighted by Gasteiger charge is -2.27. The van der Waals surface area contributed by atoms with Crippen molar-refractivity contribution in [2.45, 2.75) is 104 Å². The molecule has 0 aliphatic carbocycles. The van der Waals surface area contributed by atoms with E-state index in [0.29, 0.717) is 18.5 Å². The molecule has 2 aromatic heterocycles. The van der Waals surface area contributed by atoms with Crippen LogP contribution >= 0.6 is 0 Å². The highest BCUT2D eigenvalue weighted by Gasteiger charge is 2.32. The van der Waals surface area contributed by atoms with Gasteiger partial charge in [0.2, 0.25) is 0 Å². The van der Waals surface area contributed by atoms with Crippen LogP contribution < -0.4 is 14.5 Å². The predicted octanol–water partition coefficient (Wildman–Crippen LogP) is 20.7. The Morgan fingerprint density at radius 2 is 1.02 bits per heavy atom. The molecule has 0 N–H and O–H groups in total. The second kappa shape index (κ2) is 20.8. The summed E-state index contributed by atoms with van der Waals surface area (Å²) in [5, 5.41) is 2.31. The number of hydrogen-bond acceptors (Lipinski definition) is 4. The molecule has 0 radical (unpaired) electrons. The lowest BCUT2D eigenvalue weighted by Crippen LogP contribution is -2.24. The van der Waals surface area contributed by atoms with Gasteiger partial charge in [-0.2, -0.15) is 0 Å². The van der Waals surface area contributed by atoms with Crippen molar-refractivity contribution in [3.8, 4) is 39.6 Å². The third kappa shape index (κ3) is 9.88. The molecule has 0 atom stereocenters. The Labute approximate surface area is 480 Å². The molecule has 404 valence electrons. The molecule has 0 amide bonds. The van der Waals surface area contributed by atoms with E-state index in [2.05, 4.69) is 309 Å². The van der Waals surface area contributed by atoms with E-state index in [9.17, 15) is 0 Å². The molecular weight excluding hydrogens is 985 g/mol. The van der Waals surface area contributed by atoms with Gasteiger partial charge in [0.25, 0.3) is 0 Å². The molecule has 81 heavy (non-hydrogen) atoms. The average molecular weight is 1060 g/mol. The Balaban J connectivity index is 0.975. The van der Waals surface area contributed by atoms with Crippen molar-refractivity contribution in [1.82, 2.24) is 9.55 Å². The molecule has 3 heterocycles. The van der Waals surface area contributed by atoms with E-state index >= 15 is 0 Å². The van der Waals surface area contributed by atoms with Gasteiger partial charge in [-0.15, -0.1) is 0 Å². The molecule has 9 aromatic carbocycles. The predicted molar refractivity (Wildman–Crippen MR) is 342 cm³/mol. The van der Waals surface area contributed by atoms with Crippen molar-refractivity contribution in [3.63, 3.8) is 0 Å². The number of aromatic nitrogens is 2. The fourth-order valence-electron chi connectivity index (χ4n) is 12.3. The molecule has 0 saturated carbocycles. The van der Waals surface area contributed by atoms with Crippen molar-refractivity contribution in [2.24, 2.45) is 0 Å². The topological polar surface area (TPSA) is 33.5 Å². The molecule has 5 heteroatoms. The van der Waals surface area contributed by atoms with Gasteiger partial charge in [-0.3, -0.25) is 4.57 Å². The Bertz CT molecular complexity index is 4080. The van der Waals surface area contributed by atoms with E-state index in [1.165, 1.54) is 78.0 Å². The second-order valence-electron chi connectivity index (χ2n) is 24.9. The maximum Gasteiger partial charge on any atom is 0.137 e. The van der Waals surface area contributed by atoms with Crippen LogP contribution in [0.15, 0.2) is 225 Å². The molecule has 0 fully saturated rings. The molecule has 0 bridgehead atoms. The van der Waals surface area contributed by atoms with Gasteiger partial charge in [-0.1, -0.05) is 210 Å². The fourth-order valence-corrected chi connectivity index (χ4v) is 12.3. The number of benzene rings is 9. The summed E-state index contributed by atoms with van der Waals surface area (Å²) in [6, 6.07) is 80.1. The van der Waals surface area contributed by atoms with Crippen molar-refractivity contribution >= 4 is 44.6 Å². The van der Waals surface area contributed by atoms with Gasteiger partial charge in [-0.05, 0) is 151 Å². The summed E-state index contributed by atoms with van der Waals surface area (Å²) in [7, 11) is 0. The van der Waals surface area contributed by atoms with Crippen LogP contribution in [0.3, 0.4) is 0 Å². The van der Waals surface area contributed by atoms with Crippen LogP contribution in [-0.2, 0) is 16.2 Å². The third-order valence-electron chi connectivity index (χ3n) is 17.2. The van der Waals surface area contributed by atoms with Crippen LogP contribution in [0, 0.1) is 0 Å².